The van der Waals surface area contributed by atoms with Gasteiger partial charge < -0.3 is 4.90 Å². The molecule has 0 fully saturated rings. The van der Waals surface area contributed by atoms with Crippen LogP contribution >= 0.6 is 15.9 Å². The topological polar surface area (TPSA) is 46.4 Å². The lowest BCUT2D eigenvalue weighted by Crippen LogP contribution is -2.00. The van der Waals surface area contributed by atoms with Crippen molar-refractivity contribution in [2.75, 3.05) is 21.1 Å². The molecule has 6 heteroatoms. The zero-order chi connectivity index (χ0) is 16.7. The van der Waals surface area contributed by atoms with Crippen molar-refractivity contribution in [1.82, 2.24) is 4.90 Å². The predicted octanol–water partition coefficient (Wildman–Crippen LogP) is 3.26. The van der Waals surface area contributed by atoms with Crippen LogP contribution in [0.15, 0.2) is 53.0 Å². The summed E-state index contributed by atoms with van der Waals surface area (Å²) in [5.41, 5.74) is 2.39. The average Bonchev–Trinajstić information content (AvgIpc) is 2.47. The highest BCUT2D eigenvalue weighted by Crippen LogP contribution is 2.24. The van der Waals surface area contributed by atoms with Crippen molar-refractivity contribution in [3.63, 3.8) is 0 Å². The van der Waals surface area contributed by atoms with E-state index >= 15 is 0 Å². The van der Waals surface area contributed by atoms with Crippen LogP contribution in [-0.2, 0) is 0 Å². The van der Waals surface area contributed by atoms with Gasteiger partial charge >= 0.3 is 0 Å². The monoisotopic (exact) mass is 362 g/mol. The van der Waals surface area contributed by atoms with Crippen LogP contribution in [0.5, 0.6) is 0 Å². The Morgan fingerprint density at radius 1 is 1.00 bits per heavy atom. The van der Waals surface area contributed by atoms with Gasteiger partial charge in [-0.2, -0.15) is 0 Å². The summed E-state index contributed by atoms with van der Waals surface area (Å²) < 4.78 is 1.04. The summed E-state index contributed by atoms with van der Waals surface area (Å²) in [4.78, 5) is 12.2. The Bertz CT molecular complexity index is 598. The third-order valence-corrected chi connectivity index (χ3v) is 3.50. The second kappa shape index (κ2) is 8.71. The second-order valence-corrected chi connectivity index (χ2v) is 6.38. The van der Waals surface area contributed by atoms with E-state index in [1.807, 2.05) is 50.3 Å². The van der Waals surface area contributed by atoms with Gasteiger partial charge in [-0.25, -0.2) is 0 Å². The van der Waals surface area contributed by atoms with Crippen LogP contribution < -0.4 is 0 Å². The van der Waals surface area contributed by atoms with E-state index in [1.54, 1.807) is 12.1 Å². The zero-order valence-electron chi connectivity index (χ0n) is 13.3. The molecule has 0 aliphatic carbocycles. The van der Waals surface area contributed by atoms with Crippen LogP contribution in [0.2, 0.25) is 0 Å². The smallest absolute Gasteiger partial charge is 0.269 e. The molecule has 0 bridgehead atoms. The van der Waals surface area contributed by atoms with Crippen molar-refractivity contribution in [1.29, 1.82) is 0 Å². The van der Waals surface area contributed by atoms with Gasteiger partial charge in [0.15, 0.2) is 0 Å². The van der Waals surface area contributed by atoms with Gasteiger partial charge in [-0.1, -0.05) is 40.2 Å². The Morgan fingerprint density at radius 2 is 1.36 bits per heavy atom. The second-order valence-electron chi connectivity index (χ2n) is 5.46. The quantitative estimate of drug-likeness (QED) is 0.478. The first-order valence-electron chi connectivity index (χ1n) is 6.92. The van der Waals surface area contributed by atoms with E-state index in [0.717, 1.165) is 10.0 Å². The highest BCUT2D eigenvalue weighted by atomic mass is 79.9. The summed E-state index contributed by atoms with van der Waals surface area (Å²) in [5, 5.41) is 10.6. The number of nitrogens with zero attached hydrogens (tertiary/aromatic N) is 2. The molecule has 1 unspecified atom stereocenters. The van der Waals surface area contributed by atoms with E-state index in [4.69, 9.17) is 0 Å². The molecule has 0 aliphatic rings. The highest BCUT2D eigenvalue weighted by Gasteiger charge is 2.10. The summed E-state index contributed by atoms with van der Waals surface area (Å²) in [5.74, 6) is 0.221. The minimum Gasteiger partial charge on any atom is -0.312 e. The highest BCUT2D eigenvalue weighted by molar-refractivity contribution is 9.10. The first-order chi connectivity index (χ1) is 10.3. The van der Waals surface area contributed by atoms with E-state index in [1.165, 1.54) is 5.56 Å². The lowest BCUT2D eigenvalue weighted by atomic mass is 9.76. The first kappa shape index (κ1) is 18.4. The summed E-state index contributed by atoms with van der Waals surface area (Å²) in [6.45, 7) is 0. The fraction of sp³-hybridized carbons (Fsp3) is 0.250. The summed E-state index contributed by atoms with van der Waals surface area (Å²) in [6, 6.07) is 14.8. The van der Waals surface area contributed by atoms with Crippen molar-refractivity contribution in [2.24, 2.45) is 0 Å². The number of halogens is 1. The van der Waals surface area contributed by atoms with Crippen molar-refractivity contribution in [3.05, 3.63) is 74.2 Å². The average molecular weight is 363 g/mol. The maximum absolute atomic E-state index is 10.6. The van der Waals surface area contributed by atoms with E-state index in [2.05, 4.69) is 35.9 Å². The molecule has 0 radical (unpaired) electrons. The van der Waals surface area contributed by atoms with Gasteiger partial charge in [-0.3, -0.25) is 10.1 Å². The molecule has 2 aromatic carbocycles. The lowest BCUT2D eigenvalue weighted by molar-refractivity contribution is -0.384. The van der Waals surface area contributed by atoms with Gasteiger partial charge in [0.25, 0.3) is 5.69 Å². The first-order valence-corrected chi connectivity index (χ1v) is 7.71. The van der Waals surface area contributed by atoms with Gasteiger partial charge in [0.05, 0.1) is 4.92 Å². The number of hydrogen-bond donors (Lipinski definition) is 0. The standard InChI is InChI=1S/C13H11BBrNO2.C3H9N/c14-13(9-1-5-11(15)6-2-9)10-3-7-12(8-4-10)16(17)18;1-4(2)3/h1-8,13H,14H2;1-3H3. The largest absolute Gasteiger partial charge is 0.312 e. The Hall–Kier alpha value is -1.66. The number of non-ortho nitro benzene ring substituents is 1. The molecule has 2 rings (SSSR count). The number of nitro benzene ring substituents is 1. The van der Waals surface area contributed by atoms with Gasteiger partial charge in [0.1, 0.15) is 7.85 Å². The van der Waals surface area contributed by atoms with E-state index in [-0.39, 0.29) is 16.4 Å². The maximum Gasteiger partial charge on any atom is 0.269 e. The fourth-order valence-corrected chi connectivity index (χ4v) is 2.09. The van der Waals surface area contributed by atoms with Crippen LogP contribution in [0.1, 0.15) is 16.9 Å². The minimum atomic E-state index is -0.381. The number of hydrogen-bond acceptors (Lipinski definition) is 3. The Balaban J connectivity index is 0.000000541. The molecule has 0 N–H and O–H groups in total. The third-order valence-electron chi connectivity index (χ3n) is 2.97. The molecule has 0 spiro atoms. The molecular formula is C16H20BBrN2O2. The Labute approximate surface area is 140 Å². The Kier molecular flexibility index (Phi) is 7.28. The maximum atomic E-state index is 10.6. The SMILES string of the molecule is BC(c1ccc(Br)cc1)c1ccc([N+](=O)[O-])cc1.CN(C)C. The molecule has 0 aliphatic heterocycles. The van der Waals surface area contributed by atoms with Crippen LogP contribution in [0.25, 0.3) is 0 Å². The van der Waals surface area contributed by atoms with Crippen molar-refractivity contribution < 1.29 is 4.92 Å². The molecule has 2 aromatic rings. The van der Waals surface area contributed by atoms with Gasteiger partial charge in [-0.15, -0.1) is 0 Å². The normalized spacial score (nSPS) is 11.5. The molecular weight excluding hydrogens is 343 g/mol. The molecule has 0 saturated heterocycles. The van der Waals surface area contributed by atoms with Gasteiger partial charge in [-0.05, 0) is 50.2 Å². The molecule has 0 heterocycles. The molecule has 4 nitrogen and oxygen atoms in total. The molecule has 1 atom stereocenters. The Morgan fingerprint density at radius 3 is 1.73 bits per heavy atom. The molecule has 116 valence electrons. The number of rotatable bonds is 3. The summed E-state index contributed by atoms with van der Waals surface area (Å²) in [7, 11) is 8.09. The van der Waals surface area contributed by atoms with Crippen LogP contribution in [-0.4, -0.2) is 38.8 Å². The van der Waals surface area contributed by atoms with Gasteiger partial charge in [0, 0.05) is 16.6 Å². The van der Waals surface area contributed by atoms with Crippen molar-refractivity contribution in [3.8, 4) is 0 Å². The number of nitro groups is 1. The van der Waals surface area contributed by atoms with E-state index in [0.29, 0.717) is 0 Å². The van der Waals surface area contributed by atoms with Gasteiger partial charge in [0.2, 0.25) is 0 Å². The number of benzene rings is 2. The van der Waals surface area contributed by atoms with E-state index < -0.39 is 0 Å². The molecule has 22 heavy (non-hydrogen) atoms. The summed E-state index contributed by atoms with van der Waals surface area (Å²) >= 11 is 3.40. The summed E-state index contributed by atoms with van der Waals surface area (Å²) in [6.07, 6.45) is 0. The predicted molar refractivity (Wildman–Crippen MR) is 97.2 cm³/mol. The lowest BCUT2D eigenvalue weighted by Gasteiger charge is -2.12. The molecule has 0 amide bonds. The van der Waals surface area contributed by atoms with E-state index in [9.17, 15) is 10.1 Å². The molecule has 0 aromatic heterocycles. The van der Waals surface area contributed by atoms with Crippen molar-refractivity contribution >= 4 is 29.5 Å². The van der Waals surface area contributed by atoms with Crippen LogP contribution in [0.3, 0.4) is 0 Å². The molecule has 0 saturated carbocycles. The van der Waals surface area contributed by atoms with Crippen molar-refractivity contribution in [2.45, 2.75) is 5.82 Å². The van der Waals surface area contributed by atoms with Crippen LogP contribution in [0, 0.1) is 10.1 Å². The van der Waals surface area contributed by atoms with Crippen LogP contribution in [0.4, 0.5) is 5.69 Å². The third kappa shape index (κ3) is 5.99. The zero-order valence-corrected chi connectivity index (χ0v) is 14.9. The minimum absolute atomic E-state index is 0.127. The fourth-order valence-electron chi connectivity index (χ4n) is 1.83.